The SMILES string of the molecule is CNC(CCC1CCCO1)Cc1cc(C)cc(C)c1. The van der Waals surface area contributed by atoms with Gasteiger partial charge in [0.05, 0.1) is 6.10 Å². The van der Waals surface area contributed by atoms with Gasteiger partial charge in [-0.05, 0) is 58.6 Å². The lowest BCUT2D eigenvalue weighted by atomic mass is 9.97. The zero-order chi connectivity index (χ0) is 13.7. The molecule has 0 bridgehead atoms. The molecule has 2 nitrogen and oxygen atoms in total. The molecule has 1 aromatic carbocycles. The van der Waals surface area contributed by atoms with Crippen LogP contribution in [0, 0.1) is 13.8 Å². The van der Waals surface area contributed by atoms with Crippen LogP contribution in [0.4, 0.5) is 0 Å². The predicted molar refractivity (Wildman–Crippen MR) is 80.7 cm³/mol. The second-order valence-corrected chi connectivity index (χ2v) is 5.90. The van der Waals surface area contributed by atoms with E-state index >= 15 is 0 Å². The molecule has 1 saturated heterocycles. The molecule has 1 aliphatic heterocycles. The lowest BCUT2D eigenvalue weighted by Gasteiger charge is -2.19. The zero-order valence-corrected chi connectivity index (χ0v) is 12.5. The first-order valence-corrected chi connectivity index (χ1v) is 7.53. The van der Waals surface area contributed by atoms with Gasteiger partial charge < -0.3 is 10.1 Å². The lowest BCUT2D eigenvalue weighted by molar-refractivity contribution is 0.0998. The Bertz CT molecular complexity index is 376. The van der Waals surface area contributed by atoms with Crippen LogP contribution in [0.2, 0.25) is 0 Å². The molecule has 106 valence electrons. The molecule has 2 atom stereocenters. The van der Waals surface area contributed by atoms with E-state index in [1.54, 1.807) is 0 Å². The number of ether oxygens (including phenoxy) is 1. The summed E-state index contributed by atoms with van der Waals surface area (Å²) in [6, 6.07) is 7.42. The molecule has 2 unspecified atom stereocenters. The van der Waals surface area contributed by atoms with Gasteiger partial charge in [0, 0.05) is 12.6 Å². The molecular formula is C17H27NO. The van der Waals surface area contributed by atoms with Crippen molar-refractivity contribution >= 4 is 0 Å². The fourth-order valence-electron chi connectivity index (χ4n) is 3.08. The van der Waals surface area contributed by atoms with E-state index in [-0.39, 0.29) is 0 Å². The van der Waals surface area contributed by atoms with Gasteiger partial charge in [-0.2, -0.15) is 0 Å². The topological polar surface area (TPSA) is 21.3 Å². The average Bonchev–Trinajstić information content (AvgIpc) is 2.86. The van der Waals surface area contributed by atoms with E-state index in [0.717, 1.165) is 13.0 Å². The molecule has 0 aliphatic carbocycles. The van der Waals surface area contributed by atoms with Gasteiger partial charge in [0.15, 0.2) is 0 Å². The average molecular weight is 261 g/mol. The molecular weight excluding hydrogens is 234 g/mol. The van der Waals surface area contributed by atoms with Gasteiger partial charge >= 0.3 is 0 Å². The normalized spacial score (nSPS) is 20.7. The lowest BCUT2D eigenvalue weighted by Crippen LogP contribution is -2.28. The molecule has 1 fully saturated rings. The molecule has 0 aromatic heterocycles. The van der Waals surface area contributed by atoms with Gasteiger partial charge in [0.25, 0.3) is 0 Å². The number of hydrogen-bond donors (Lipinski definition) is 1. The van der Waals surface area contributed by atoms with Crippen LogP contribution in [0.5, 0.6) is 0 Å². The Morgan fingerprint density at radius 2 is 2.00 bits per heavy atom. The molecule has 1 heterocycles. The van der Waals surface area contributed by atoms with E-state index in [2.05, 4.69) is 44.4 Å². The molecule has 1 aliphatic rings. The summed E-state index contributed by atoms with van der Waals surface area (Å²) in [4.78, 5) is 0. The van der Waals surface area contributed by atoms with Crippen molar-refractivity contribution in [2.75, 3.05) is 13.7 Å². The van der Waals surface area contributed by atoms with Crippen molar-refractivity contribution in [1.29, 1.82) is 0 Å². The first-order valence-electron chi connectivity index (χ1n) is 7.53. The summed E-state index contributed by atoms with van der Waals surface area (Å²) in [5, 5.41) is 3.46. The van der Waals surface area contributed by atoms with Crippen LogP contribution in [-0.4, -0.2) is 25.8 Å². The minimum absolute atomic E-state index is 0.509. The second kappa shape index (κ2) is 7.06. The first-order chi connectivity index (χ1) is 9.17. The van der Waals surface area contributed by atoms with E-state index in [1.165, 1.54) is 42.4 Å². The Labute approximate surface area is 117 Å². The molecule has 19 heavy (non-hydrogen) atoms. The largest absolute Gasteiger partial charge is 0.378 e. The minimum Gasteiger partial charge on any atom is -0.378 e. The monoisotopic (exact) mass is 261 g/mol. The Balaban J connectivity index is 1.86. The van der Waals surface area contributed by atoms with Gasteiger partial charge in [-0.15, -0.1) is 0 Å². The minimum atomic E-state index is 0.509. The maximum Gasteiger partial charge on any atom is 0.0576 e. The number of likely N-dealkylation sites (N-methyl/N-ethyl adjacent to an activating group) is 1. The van der Waals surface area contributed by atoms with Crippen LogP contribution in [0.15, 0.2) is 18.2 Å². The van der Waals surface area contributed by atoms with Gasteiger partial charge in [-0.3, -0.25) is 0 Å². The van der Waals surface area contributed by atoms with Gasteiger partial charge in [0.1, 0.15) is 0 Å². The number of nitrogens with one attached hydrogen (secondary N) is 1. The van der Waals surface area contributed by atoms with Crippen LogP contribution in [0.3, 0.4) is 0 Å². The Morgan fingerprint density at radius 1 is 1.26 bits per heavy atom. The van der Waals surface area contributed by atoms with E-state index in [0.29, 0.717) is 12.1 Å². The fraction of sp³-hybridized carbons (Fsp3) is 0.647. The van der Waals surface area contributed by atoms with Gasteiger partial charge in [-0.25, -0.2) is 0 Å². The van der Waals surface area contributed by atoms with Gasteiger partial charge in [0.2, 0.25) is 0 Å². The highest BCUT2D eigenvalue weighted by atomic mass is 16.5. The quantitative estimate of drug-likeness (QED) is 0.847. The van der Waals surface area contributed by atoms with Gasteiger partial charge in [-0.1, -0.05) is 29.3 Å². The number of aryl methyl sites for hydroxylation is 2. The van der Waals surface area contributed by atoms with Crippen molar-refractivity contribution in [3.05, 3.63) is 34.9 Å². The van der Waals surface area contributed by atoms with Crippen molar-refractivity contribution < 1.29 is 4.74 Å². The van der Waals surface area contributed by atoms with Crippen LogP contribution < -0.4 is 5.32 Å². The molecule has 2 heteroatoms. The molecule has 0 spiro atoms. The van der Waals surface area contributed by atoms with Crippen molar-refractivity contribution in [2.45, 2.75) is 58.1 Å². The Hall–Kier alpha value is -0.860. The molecule has 2 rings (SSSR count). The Morgan fingerprint density at radius 3 is 2.58 bits per heavy atom. The van der Waals surface area contributed by atoms with Crippen LogP contribution in [-0.2, 0) is 11.2 Å². The van der Waals surface area contributed by atoms with E-state index in [4.69, 9.17) is 4.74 Å². The molecule has 0 saturated carbocycles. The van der Waals surface area contributed by atoms with Crippen molar-refractivity contribution in [3.8, 4) is 0 Å². The van der Waals surface area contributed by atoms with Crippen molar-refractivity contribution in [3.63, 3.8) is 0 Å². The predicted octanol–water partition coefficient (Wildman–Crippen LogP) is 3.39. The summed E-state index contributed by atoms with van der Waals surface area (Å²) >= 11 is 0. The fourth-order valence-corrected chi connectivity index (χ4v) is 3.08. The summed E-state index contributed by atoms with van der Waals surface area (Å²) in [7, 11) is 2.07. The van der Waals surface area contributed by atoms with Crippen molar-refractivity contribution in [2.24, 2.45) is 0 Å². The maximum absolute atomic E-state index is 5.71. The third-order valence-corrected chi connectivity index (χ3v) is 4.03. The first kappa shape index (κ1) is 14.5. The van der Waals surface area contributed by atoms with E-state index < -0.39 is 0 Å². The van der Waals surface area contributed by atoms with Crippen LogP contribution in [0.25, 0.3) is 0 Å². The van der Waals surface area contributed by atoms with E-state index in [9.17, 15) is 0 Å². The zero-order valence-electron chi connectivity index (χ0n) is 12.5. The third kappa shape index (κ3) is 4.63. The molecule has 1 aromatic rings. The highest BCUT2D eigenvalue weighted by molar-refractivity contribution is 5.29. The summed E-state index contributed by atoms with van der Waals surface area (Å²) in [6.45, 7) is 5.32. The number of hydrogen-bond acceptors (Lipinski definition) is 2. The number of benzene rings is 1. The molecule has 0 radical (unpaired) electrons. The summed E-state index contributed by atoms with van der Waals surface area (Å²) in [5.74, 6) is 0. The summed E-state index contributed by atoms with van der Waals surface area (Å²) < 4.78 is 5.71. The molecule has 0 amide bonds. The highest BCUT2D eigenvalue weighted by Crippen LogP contribution is 2.19. The third-order valence-electron chi connectivity index (χ3n) is 4.03. The number of rotatable bonds is 6. The summed E-state index contributed by atoms with van der Waals surface area (Å²) in [5.41, 5.74) is 4.18. The van der Waals surface area contributed by atoms with Crippen LogP contribution in [0.1, 0.15) is 42.4 Å². The summed E-state index contributed by atoms with van der Waals surface area (Å²) in [6.07, 6.45) is 6.51. The highest BCUT2D eigenvalue weighted by Gasteiger charge is 2.17. The van der Waals surface area contributed by atoms with Crippen LogP contribution >= 0.6 is 0 Å². The maximum atomic E-state index is 5.71. The Kier molecular flexibility index (Phi) is 5.41. The standard InChI is InChI=1S/C17H27NO/c1-13-9-14(2)11-15(10-13)12-16(18-3)6-7-17-5-4-8-19-17/h9-11,16-18H,4-8,12H2,1-3H3. The smallest absolute Gasteiger partial charge is 0.0576 e. The van der Waals surface area contributed by atoms with E-state index in [1.807, 2.05) is 0 Å². The molecule has 1 N–H and O–H groups in total. The van der Waals surface area contributed by atoms with Crippen molar-refractivity contribution in [1.82, 2.24) is 5.32 Å². The second-order valence-electron chi connectivity index (χ2n) is 5.90.